The van der Waals surface area contributed by atoms with Crippen molar-refractivity contribution in [1.82, 2.24) is 5.06 Å². The van der Waals surface area contributed by atoms with Gasteiger partial charge in [0.1, 0.15) is 0 Å². The summed E-state index contributed by atoms with van der Waals surface area (Å²) in [6.07, 6.45) is 4.25. The van der Waals surface area contributed by atoms with Gasteiger partial charge in [-0.3, -0.25) is 15.1 Å². The number of rotatable bonds is 0. The smallest absolute Gasteiger partial charge is 0.184 e. The molecule has 1 N–H and O–H groups in total. The fourth-order valence-corrected chi connectivity index (χ4v) is 2.21. The molecule has 0 fully saturated rings. The summed E-state index contributed by atoms with van der Waals surface area (Å²) in [5, 5.41) is 11.1. The van der Waals surface area contributed by atoms with Crippen LogP contribution >= 0.6 is 0 Å². The van der Waals surface area contributed by atoms with E-state index in [0.29, 0.717) is 6.42 Å². The molecule has 0 bridgehead atoms. The van der Waals surface area contributed by atoms with Gasteiger partial charge in [0.2, 0.25) is 0 Å². The number of carbonyl (C=O) groups excluding carboxylic acids is 1. The molecule has 2 rings (SSSR count). The Morgan fingerprint density at radius 1 is 1.38 bits per heavy atom. The number of nitrogens with zero attached hydrogens (tertiary/aromatic N) is 1. The van der Waals surface area contributed by atoms with E-state index < -0.39 is 0 Å². The van der Waals surface area contributed by atoms with E-state index in [-0.39, 0.29) is 11.3 Å². The topological polar surface area (TPSA) is 40.5 Å². The summed E-state index contributed by atoms with van der Waals surface area (Å²) in [4.78, 5) is 11.8. The molecule has 1 heterocycles. The van der Waals surface area contributed by atoms with Gasteiger partial charge >= 0.3 is 0 Å². The number of carbonyl (C=O) groups is 1. The van der Waals surface area contributed by atoms with Gasteiger partial charge in [0.15, 0.2) is 5.78 Å². The van der Waals surface area contributed by atoms with E-state index in [9.17, 15) is 10.0 Å². The molecule has 16 heavy (non-hydrogen) atoms. The monoisotopic (exact) mass is 219 g/mol. The summed E-state index contributed by atoms with van der Waals surface area (Å²) in [5.74, 6) is 0.120. The van der Waals surface area contributed by atoms with Crippen LogP contribution in [0.15, 0.2) is 34.6 Å². The lowest BCUT2D eigenvalue weighted by Gasteiger charge is -2.39. The minimum Gasteiger partial charge on any atom is -0.289 e. The van der Waals surface area contributed by atoms with Crippen molar-refractivity contribution in [2.24, 2.45) is 0 Å². The maximum Gasteiger partial charge on any atom is 0.184 e. The minimum atomic E-state index is -0.348. The molecule has 2 aliphatic rings. The second-order valence-electron chi connectivity index (χ2n) is 5.18. The van der Waals surface area contributed by atoms with E-state index in [2.05, 4.69) is 0 Å². The Labute approximate surface area is 95.7 Å². The molecule has 0 saturated carbocycles. The standard InChI is InChI=1S/C13H17NO2/c1-8-5-10-7-14(16)13(3,4)6-11(10)9(2)12(8)15/h5,7,16H,6H2,1-4H3. The first-order chi connectivity index (χ1) is 7.33. The first-order valence-electron chi connectivity index (χ1n) is 5.46. The molecule has 0 aromatic rings. The molecule has 0 saturated heterocycles. The van der Waals surface area contributed by atoms with E-state index in [1.165, 1.54) is 5.06 Å². The molecular formula is C13H17NO2. The fourth-order valence-electron chi connectivity index (χ4n) is 2.21. The summed E-state index contributed by atoms with van der Waals surface area (Å²) in [5.41, 5.74) is 3.22. The molecule has 0 aromatic heterocycles. The van der Waals surface area contributed by atoms with Crippen molar-refractivity contribution in [2.75, 3.05) is 0 Å². The van der Waals surface area contributed by atoms with E-state index >= 15 is 0 Å². The van der Waals surface area contributed by atoms with Gasteiger partial charge in [0.05, 0.1) is 5.54 Å². The zero-order valence-corrected chi connectivity index (χ0v) is 10.2. The zero-order valence-electron chi connectivity index (χ0n) is 10.2. The van der Waals surface area contributed by atoms with Crippen LogP contribution in [0, 0.1) is 0 Å². The van der Waals surface area contributed by atoms with Crippen LogP contribution in [-0.2, 0) is 4.79 Å². The predicted octanol–water partition coefficient (Wildman–Crippen LogP) is 2.59. The predicted molar refractivity (Wildman–Crippen MR) is 61.9 cm³/mol. The number of hydroxylamine groups is 2. The quantitative estimate of drug-likeness (QED) is 0.680. The molecule has 86 valence electrons. The Morgan fingerprint density at radius 3 is 2.62 bits per heavy atom. The van der Waals surface area contributed by atoms with Gasteiger partial charge in [-0.15, -0.1) is 0 Å². The molecule has 0 radical (unpaired) electrons. The molecule has 3 nitrogen and oxygen atoms in total. The van der Waals surface area contributed by atoms with Gasteiger partial charge < -0.3 is 0 Å². The Bertz CT molecular complexity index is 453. The third-order valence-corrected chi connectivity index (χ3v) is 3.36. The Hall–Kier alpha value is -1.35. The van der Waals surface area contributed by atoms with Gasteiger partial charge in [-0.2, -0.15) is 0 Å². The van der Waals surface area contributed by atoms with Gasteiger partial charge in [0, 0.05) is 11.8 Å². The van der Waals surface area contributed by atoms with Crippen molar-refractivity contribution in [2.45, 2.75) is 39.7 Å². The van der Waals surface area contributed by atoms with Crippen molar-refractivity contribution in [3.05, 3.63) is 34.6 Å². The SMILES string of the molecule is CC1=CC2=CN(O)C(C)(C)CC2=C(C)C1=O. The van der Waals surface area contributed by atoms with Gasteiger partial charge in [-0.25, -0.2) is 0 Å². The highest BCUT2D eigenvalue weighted by molar-refractivity contribution is 6.10. The number of hydrogen-bond acceptors (Lipinski definition) is 3. The molecule has 0 atom stereocenters. The summed E-state index contributed by atoms with van der Waals surface area (Å²) >= 11 is 0. The van der Waals surface area contributed by atoms with E-state index in [0.717, 1.165) is 22.3 Å². The van der Waals surface area contributed by atoms with Crippen molar-refractivity contribution >= 4 is 5.78 Å². The number of allylic oxidation sites excluding steroid dienone is 4. The first kappa shape index (κ1) is 11.1. The normalized spacial score (nSPS) is 24.1. The van der Waals surface area contributed by atoms with E-state index in [1.54, 1.807) is 6.20 Å². The molecule has 1 aliphatic heterocycles. The van der Waals surface area contributed by atoms with Gasteiger partial charge in [0.25, 0.3) is 0 Å². The summed E-state index contributed by atoms with van der Waals surface area (Å²) in [7, 11) is 0. The van der Waals surface area contributed by atoms with Crippen molar-refractivity contribution in [1.29, 1.82) is 0 Å². The van der Waals surface area contributed by atoms with E-state index in [1.807, 2.05) is 33.8 Å². The molecule has 0 spiro atoms. The average Bonchev–Trinajstić information content (AvgIpc) is 2.19. The lowest BCUT2D eigenvalue weighted by atomic mass is 9.79. The second-order valence-corrected chi connectivity index (χ2v) is 5.18. The first-order valence-corrected chi connectivity index (χ1v) is 5.46. The maximum absolute atomic E-state index is 11.8. The van der Waals surface area contributed by atoms with Crippen molar-refractivity contribution < 1.29 is 10.0 Å². The van der Waals surface area contributed by atoms with Crippen LogP contribution in [0.3, 0.4) is 0 Å². The molecular weight excluding hydrogens is 202 g/mol. The molecule has 3 heteroatoms. The third-order valence-electron chi connectivity index (χ3n) is 3.36. The second kappa shape index (κ2) is 3.32. The van der Waals surface area contributed by atoms with Crippen LogP contribution in [0.2, 0.25) is 0 Å². The highest BCUT2D eigenvalue weighted by atomic mass is 16.5. The lowest BCUT2D eigenvalue weighted by Crippen LogP contribution is -2.42. The number of ketones is 1. The van der Waals surface area contributed by atoms with Crippen LogP contribution in [-0.4, -0.2) is 21.6 Å². The highest BCUT2D eigenvalue weighted by Crippen LogP contribution is 2.38. The van der Waals surface area contributed by atoms with Crippen LogP contribution in [0.25, 0.3) is 0 Å². The van der Waals surface area contributed by atoms with Crippen molar-refractivity contribution in [3.8, 4) is 0 Å². The molecule has 0 amide bonds. The van der Waals surface area contributed by atoms with Crippen LogP contribution in [0.5, 0.6) is 0 Å². The molecule has 0 unspecified atom stereocenters. The zero-order chi connectivity index (χ0) is 12.1. The van der Waals surface area contributed by atoms with Gasteiger partial charge in [-0.1, -0.05) is 0 Å². The fraction of sp³-hybridized carbons (Fsp3) is 0.462. The van der Waals surface area contributed by atoms with Crippen LogP contribution in [0.4, 0.5) is 0 Å². The Morgan fingerprint density at radius 2 is 2.00 bits per heavy atom. The van der Waals surface area contributed by atoms with Crippen LogP contribution < -0.4 is 0 Å². The van der Waals surface area contributed by atoms with E-state index in [4.69, 9.17) is 0 Å². The number of fused-ring (bicyclic) bond motifs is 1. The summed E-state index contributed by atoms with van der Waals surface area (Å²) < 4.78 is 0. The van der Waals surface area contributed by atoms with Crippen molar-refractivity contribution in [3.63, 3.8) is 0 Å². The summed E-state index contributed by atoms with van der Waals surface area (Å²) in [6, 6.07) is 0. The lowest BCUT2D eigenvalue weighted by molar-refractivity contribution is -0.121. The minimum absolute atomic E-state index is 0.120. The van der Waals surface area contributed by atoms with Crippen LogP contribution in [0.1, 0.15) is 34.1 Å². The maximum atomic E-state index is 11.8. The summed E-state index contributed by atoms with van der Waals surface area (Å²) in [6.45, 7) is 7.59. The molecule has 1 aliphatic carbocycles. The molecule has 0 aromatic carbocycles. The largest absolute Gasteiger partial charge is 0.289 e. The number of hydrogen-bond donors (Lipinski definition) is 1. The number of Topliss-reactive ketones (excluding diaryl/α,β-unsaturated/α-hetero) is 1. The average molecular weight is 219 g/mol. The van der Waals surface area contributed by atoms with Gasteiger partial charge in [-0.05, 0) is 56.9 Å². The highest BCUT2D eigenvalue weighted by Gasteiger charge is 2.34. The Kier molecular flexibility index (Phi) is 2.31. The Balaban J connectivity index is 2.56. The third kappa shape index (κ3) is 1.52.